The van der Waals surface area contributed by atoms with E-state index in [0.717, 1.165) is 5.56 Å². The predicted molar refractivity (Wildman–Crippen MR) is 70.9 cm³/mol. The van der Waals surface area contributed by atoms with Gasteiger partial charge in [0, 0.05) is 12.4 Å². The van der Waals surface area contributed by atoms with Crippen LogP contribution >= 0.6 is 0 Å². The molecule has 17 heavy (non-hydrogen) atoms. The lowest BCUT2D eigenvalue weighted by molar-refractivity contribution is 0.278. The predicted octanol–water partition coefficient (Wildman–Crippen LogP) is 3.47. The molecular weight excluding hydrogens is 210 g/mol. The first-order chi connectivity index (χ1) is 8.02. The molecule has 0 aliphatic heterocycles. The van der Waals surface area contributed by atoms with Gasteiger partial charge in [0.05, 0.1) is 6.61 Å². The molecule has 0 aliphatic carbocycles. The second kappa shape index (κ2) is 4.38. The molecule has 0 bridgehead atoms. The number of aliphatic hydroxyl groups excluding tert-OH is 1. The van der Waals surface area contributed by atoms with Crippen LogP contribution in [0.2, 0.25) is 0 Å². The number of nitrogens with one attached hydrogen (secondary N) is 1. The van der Waals surface area contributed by atoms with Gasteiger partial charge in [-0.2, -0.15) is 0 Å². The highest BCUT2D eigenvalue weighted by Crippen LogP contribution is 2.30. The molecule has 0 spiro atoms. The number of rotatable bonds is 2. The quantitative estimate of drug-likeness (QED) is 0.812. The zero-order valence-electron chi connectivity index (χ0n) is 10.6. The van der Waals surface area contributed by atoms with E-state index >= 15 is 0 Å². The lowest BCUT2D eigenvalue weighted by atomic mass is 9.82. The Morgan fingerprint density at radius 3 is 2.41 bits per heavy atom. The highest BCUT2D eigenvalue weighted by molar-refractivity contribution is 5.64. The van der Waals surface area contributed by atoms with Gasteiger partial charge in [-0.1, -0.05) is 39.0 Å². The molecule has 0 amide bonds. The van der Waals surface area contributed by atoms with E-state index in [0.29, 0.717) is 0 Å². The van der Waals surface area contributed by atoms with E-state index in [4.69, 9.17) is 0 Å². The molecule has 1 aromatic carbocycles. The molecule has 0 atom stereocenters. The Labute approximate surface area is 102 Å². The van der Waals surface area contributed by atoms with Gasteiger partial charge in [0.15, 0.2) is 0 Å². The van der Waals surface area contributed by atoms with Crippen molar-refractivity contribution in [1.82, 2.24) is 4.98 Å². The topological polar surface area (TPSA) is 36.0 Å². The summed E-state index contributed by atoms with van der Waals surface area (Å²) >= 11 is 0. The first kappa shape index (κ1) is 11.9. The Hall–Kier alpha value is -1.54. The highest BCUT2D eigenvalue weighted by atomic mass is 16.3. The maximum Gasteiger partial charge on any atom is 0.0684 e. The summed E-state index contributed by atoms with van der Waals surface area (Å²) in [6.07, 6.45) is 3.91. The Morgan fingerprint density at radius 1 is 1.12 bits per heavy atom. The van der Waals surface area contributed by atoms with Crippen LogP contribution in [0.4, 0.5) is 0 Å². The van der Waals surface area contributed by atoms with Crippen molar-refractivity contribution in [2.75, 3.05) is 0 Å². The summed E-state index contributed by atoms with van der Waals surface area (Å²) < 4.78 is 0. The Kier molecular flexibility index (Phi) is 3.07. The molecular formula is C15H19NO. The van der Waals surface area contributed by atoms with Gasteiger partial charge in [0.25, 0.3) is 0 Å². The molecule has 0 saturated carbocycles. The number of aromatic nitrogens is 1. The van der Waals surface area contributed by atoms with Gasteiger partial charge in [-0.3, -0.25) is 0 Å². The minimum atomic E-state index is 0.0460. The lowest BCUT2D eigenvalue weighted by Gasteiger charge is -2.23. The third kappa shape index (κ3) is 2.42. The molecule has 2 aromatic rings. The van der Waals surface area contributed by atoms with Gasteiger partial charge < -0.3 is 10.1 Å². The number of hydrogen-bond acceptors (Lipinski definition) is 1. The Bertz CT molecular complexity index is 492. The summed E-state index contributed by atoms with van der Waals surface area (Å²) in [6, 6.07) is 8.31. The largest absolute Gasteiger partial charge is 0.392 e. The molecule has 1 aromatic heterocycles. The third-order valence-corrected chi connectivity index (χ3v) is 3.02. The van der Waals surface area contributed by atoms with E-state index in [9.17, 15) is 5.11 Å². The van der Waals surface area contributed by atoms with Gasteiger partial charge >= 0.3 is 0 Å². The fourth-order valence-corrected chi connectivity index (χ4v) is 2.10. The SMILES string of the molecule is CC(C)(C)c1cc(-c2cc[nH]c2)ccc1CO. The van der Waals surface area contributed by atoms with Gasteiger partial charge in [0.1, 0.15) is 0 Å². The number of aromatic amines is 1. The first-order valence-electron chi connectivity index (χ1n) is 5.90. The molecule has 2 rings (SSSR count). The lowest BCUT2D eigenvalue weighted by Crippen LogP contribution is -2.14. The molecule has 0 radical (unpaired) electrons. The molecule has 90 valence electrons. The number of aliphatic hydroxyl groups is 1. The second-order valence-corrected chi connectivity index (χ2v) is 5.38. The van der Waals surface area contributed by atoms with E-state index < -0.39 is 0 Å². The standard InChI is InChI=1S/C15H19NO/c1-15(2,3)14-8-11(4-5-13(14)10-17)12-6-7-16-9-12/h4-9,16-17H,10H2,1-3H3. The molecule has 2 heteroatoms. The van der Waals surface area contributed by atoms with Gasteiger partial charge in [0.2, 0.25) is 0 Å². The Balaban J connectivity index is 2.53. The molecule has 2 N–H and O–H groups in total. The monoisotopic (exact) mass is 229 g/mol. The van der Waals surface area contributed by atoms with Crippen LogP contribution in [-0.4, -0.2) is 10.1 Å². The van der Waals surface area contributed by atoms with E-state index in [-0.39, 0.29) is 12.0 Å². The maximum atomic E-state index is 9.40. The molecule has 1 heterocycles. The van der Waals surface area contributed by atoms with Crippen molar-refractivity contribution < 1.29 is 5.11 Å². The number of hydrogen-bond donors (Lipinski definition) is 2. The summed E-state index contributed by atoms with van der Waals surface area (Å²) in [5.74, 6) is 0. The highest BCUT2D eigenvalue weighted by Gasteiger charge is 2.18. The summed E-state index contributed by atoms with van der Waals surface area (Å²) in [6.45, 7) is 6.60. The van der Waals surface area contributed by atoms with E-state index in [2.05, 4.69) is 44.0 Å². The second-order valence-electron chi connectivity index (χ2n) is 5.38. The minimum Gasteiger partial charge on any atom is -0.392 e. The Morgan fingerprint density at radius 2 is 1.88 bits per heavy atom. The average Bonchev–Trinajstić information content (AvgIpc) is 2.80. The summed E-state index contributed by atoms with van der Waals surface area (Å²) in [4.78, 5) is 3.07. The van der Waals surface area contributed by atoms with Crippen LogP contribution in [0.25, 0.3) is 11.1 Å². The van der Waals surface area contributed by atoms with Crippen molar-refractivity contribution in [3.05, 3.63) is 47.8 Å². The smallest absolute Gasteiger partial charge is 0.0684 e. The molecule has 0 saturated heterocycles. The zero-order valence-corrected chi connectivity index (χ0v) is 10.6. The molecule has 2 nitrogen and oxygen atoms in total. The third-order valence-electron chi connectivity index (χ3n) is 3.02. The van der Waals surface area contributed by atoms with Crippen LogP contribution in [0.3, 0.4) is 0 Å². The van der Waals surface area contributed by atoms with Crippen LogP contribution in [0, 0.1) is 0 Å². The van der Waals surface area contributed by atoms with Crippen molar-refractivity contribution >= 4 is 0 Å². The fourth-order valence-electron chi connectivity index (χ4n) is 2.10. The van der Waals surface area contributed by atoms with Crippen molar-refractivity contribution in [1.29, 1.82) is 0 Å². The molecule has 0 unspecified atom stereocenters. The normalized spacial score (nSPS) is 11.8. The van der Waals surface area contributed by atoms with Gasteiger partial charge in [-0.25, -0.2) is 0 Å². The molecule has 0 aliphatic rings. The summed E-state index contributed by atoms with van der Waals surface area (Å²) in [5, 5.41) is 9.40. The molecule has 0 fully saturated rings. The van der Waals surface area contributed by atoms with Crippen molar-refractivity contribution in [2.24, 2.45) is 0 Å². The average molecular weight is 229 g/mol. The van der Waals surface area contributed by atoms with Crippen LogP contribution in [-0.2, 0) is 12.0 Å². The van der Waals surface area contributed by atoms with E-state index in [1.165, 1.54) is 16.7 Å². The van der Waals surface area contributed by atoms with Crippen molar-refractivity contribution in [3.8, 4) is 11.1 Å². The number of benzene rings is 1. The first-order valence-corrected chi connectivity index (χ1v) is 5.90. The van der Waals surface area contributed by atoms with Crippen molar-refractivity contribution in [3.63, 3.8) is 0 Å². The van der Waals surface area contributed by atoms with Crippen LogP contribution in [0.15, 0.2) is 36.7 Å². The van der Waals surface area contributed by atoms with E-state index in [1.807, 2.05) is 18.5 Å². The zero-order chi connectivity index (χ0) is 12.5. The van der Waals surface area contributed by atoms with Gasteiger partial charge in [-0.05, 0) is 33.7 Å². The van der Waals surface area contributed by atoms with Crippen molar-refractivity contribution in [2.45, 2.75) is 32.8 Å². The summed E-state index contributed by atoms with van der Waals surface area (Å²) in [5.41, 5.74) is 4.63. The van der Waals surface area contributed by atoms with E-state index in [1.54, 1.807) is 0 Å². The fraction of sp³-hybridized carbons (Fsp3) is 0.333. The number of H-pyrrole nitrogens is 1. The van der Waals surface area contributed by atoms with Gasteiger partial charge in [-0.15, -0.1) is 0 Å². The maximum absolute atomic E-state index is 9.40. The van der Waals surface area contributed by atoms with Crippen LogP contribution in [0.5, 0.6) is 0 Å². The van der Waals surface area contributed by atoms with Crippen LogP contribution in [0.1, 0.15) is 31.9 Å². The summed E-state index contributed by atoms with van der Waals surface area (Å²) in [7, 11) is 0. The minimum absolute atomic E-state index is 0.0460. The van der Waals surface area contributed by atoms with Crippen LogP contribution < -0.4 is 0 Å².